The largest absolute Gasteiger partial charge is 0.545 e. The van der Waals surface area contributed by atoms with Gasteiger partial charge >= 0.3 is 0 Å². The minimum atomic E-state index is -1.22. The molecule has 1 heterocycles. The van der Waals surface area contributed by atoms with Crippen LogP contribution in [0, 0.1) is 4.77 Å². The molecule has 0 spiro atoms. The van der Waals surface area contributed by atoms with Gasteiger partial charge in [0.15, 0.2) is 5.82 Å². The first-order valence-corrected chi connectivity index (χ1v) is 7.74. The number of hydrogen-bond donors (Lipinski definition) is 1. The molecule has 0 saturated carbocycles. The molecule has 8 heteroatoms. The van der Waals surface area contributed by atoms with E-state index in [2.05, 4.69) is 15.3 Å². The van der Waals surface area contributed by atoms with E-state index in [0.717, 1.165) is 0 Å². The number of aromatic carboxylic acids is 1. The van der Waals surface area contributed by atoms with E-state index in [1.54, 1.807) is 18.3 Å². The Bertz CT molecular complexity index is 946. The number of ether oxygens (including phenoxy) is 1. The number of carboxylic acids is 1. The quantitative estimate of drug-likeness (QED) is 0.538. The van der Waals surface area contributed by atoms with Gasteiger partial charge in [-0.05, 0) is 35.5 Å². The number of nitrogens with one attached hydrogen (secondary N) is 1. The molecule has 0 saturated heterocycles. The Balaban J connectivity index is 1.75. The van der Waals surface area contributed by atoms with Gasteiger partial charge in [-0.15, -0.1) is 0 Å². The molecule has 7 nitrogen and oxygen atoms in total. The topological polar surface area (TPSA) is 95.3 Å². The summed E-state index contributed by atoms with van der Waals surface area (Å²) >= 11 is 5.16. The van der Waals surface area contributed by atoms with E-state index in [0.29, 0.717) is 21.9 Å². The van der Waals surface area contributed by atoms with Crippen LogP contribution in [0.2, 0.25) is 0 Å². The maximum Gasteiger partial charge on any atom is 0.216 e. The maximum atomic E-state index is 10.7. The van der Waals surface area contributed by atoms with Crippen molar-refractivity contribution in [3.63, 3.8) is 0 Å². The average Bonchev–Trinajstić information content (AvgIpc) is 2.99. The normalized spacial score (nSPS) is 10.9. The minimum absolute atomic E-state index is 0.106. The molecular weight excluding hydrogens is 340 g/mol. The first-order chi connectivity index (χ1) is 12.1. The van der Waals surface area contributed by atoms with Gasteiger partial charge in [0.25, 0.3) is 0 Å². The van der Waals surface area contributed by atoms with Crippen LogP contribution in [-0.2, 0) is 6.61 Å². The van der Waals surface area contributed by atoms with Crippen LogP contribution in [0.4, 0.5) is 0 Å². The molecule has 2 aromatic carbocycles. The van der Waals surface area contributed by atoms with Crippen LogP contribution in [0.1, 0.15) is 21.7 Å². The number of para-hydroxylation sites is 1. The number of benzene rings is 2. The summed E-state index contributed by atoms with van der Waals surface area (Å²) < 4.78 is 7.42. The van der Waals surface area contributed by atoms with E-state index in [-0.39, 0.29) is 12.2 Å². The van der Waals surface area contributed by atoms with Crippen LogP contribution >= 0.6 is 12.2 Å². The molecule has 126 valence electrons. The standard InChI is InChI=1S/C17H14N4O3S/c22-16(23)13-8-6-12(7-9-13)10-18-21-15(19-20-17(21)25)11-24-14-4-2-1-3-5-14/h1-10H,11H2,(H,20,25)(H,22,23)/p-1/b18-10-. The number of aromatic amines is 1. The zero-order chi connectivity index (χ0) is 17.6. The molecule has 0 unspecified atom stereocenters. The molecular formula is C17H13N4O3S-. The second kappa shape index (κ2) is 7.54. The molecule has 0 aliphatic heterocycles. The van der Waals surface area contributed by atoms with Crippen molar-refractivity contribution >= 4 is 24.4 Å². The maximum absolute atomic E-state index is 10.7. The Hall–Kier alpha value is -3.26. The number of aromatic nitrogens is 3. The summed E-state index contributed by atoms with van der Waals surface area (Å²) in [5.74, 6) is 0.00201. The predicted octanol–water partition coefficient (Wildman–Crippen LogP) is 1.77. The first kappa shape index (κ1) is 16.6. The van der Waals surface area contributed by atoms with E-state index < -0.39 is 5.97 Å². The number of carbonyl (C=O) groups is 1. The van der Waals surface area contributed by atoms with Crippen LogP contribution in [0.3, 0.4) is 0 Å². The third-order valence-electron chi connectivity index (χ3n) is 3.30. The number of rotatable bonds is 6. The van der Waals surface area contributed by atoms with Gasteiger partial charge in [-0.1, -0.05) is 42.5 Å². The molecule has 1 aromatic heterocycles. The van der Waals surface area contributed by atoms with Gasteiger partial charge in [0, 0.05) is 0 Å². The van der Waals surface area contributed by atoms with Crippen LogP contribution in [-0.4, -0.2) is 27.1 Å². The van der Waals surface area contributed by atoms with E-state index in [1.807, 2.05) is 30.3 Å². The fourth-order valence-electron chi connectivity index (χ4n) is 2.03. The fourth-order valence-corrected chi connectivity index (χ4v) is 2.23. The molecule has 0 aliphatic carbocycles. The molecule has 0 bridgehead atoms. The van der Waals surface area contributed by atoms with Crippen molar-refractivity contribution in [2.75, 3.05) is 0 Å². The Labute approximate surface area is 148 Å². The van der Waals surface area contributed by atoms with Gasteiger partial charge in [-0.3, -0.25) is 0 Å². The van der Waals surface area contributed by atoms with Gasteiger partial charge in [0.05, 0.1) is 12.2 Å². The highest BCUT2D eigenvalue weighted by molar-refractivity contribution is 7.71. The van der Waals surface area contributed by atoms with Gasteiger partial charge in [-0.25, -0.2) is 5.10 Å². The zero-order valence-electron chi connectivity index (χ0n) is 13.0. The predicted molar refractivity (Wildman–Crippen MR) is 92.0 cm³/mol. The summed E-state index contributed by atoms with van der Waals surface area (Å²) in [5, 5.41) is 21.8. The summed E-state index contributed by atoms with van der Waals surface area (Å²) in [6.45, 7) is 0.193. The van der Waals surface area contributed by atoms with E-state index in [9.17, 15) is 9.90 Å². The Kier molecular flexibility index (Phi) is 5.00. The van der Waals surface area contributed by atoms with Crippen molar-refractivity contribution in [1.82, 2.24) is 14.9 Å². The lowest BCUT2D eigenvalue weighted by atomic mass is 10.1. The van der Waals surface area contributed by atoms with Crippen molar-refractivity contribution in [1.29, 1.82) is 0 Å². The SMILES string of the molecule is O=C([O-])c1ccc(/C=N\n2c(COc3ccccc3)n[nH]c2=S)cc1. The zero-order valence-corrected chi connectivity index (χ0v) is 13.8. The van der Waals surface area contributed by atoms with Crippen LogP contribution in [0.15, 0.2) is 59.7 Å². The van der Waals surface area contributed by atoms with Crippen molar-refractivity contribution in [2.45, 2.75) is 6.61 Å². The van der Waals surface area contributed by atoms with E-state index >= 15 is 0 Å². The van der Waals surface area contributed by atoms with Crippen molar-refractivity contribution in [3.8, 4) is 5.75 Å². The van der Waals surface area contributed by atoms with Crippen LogP contribution in [0.5, 0.6) is 5.75 Å². The molecule has 0 atom stereocenters. The number of carbonyl (C=O) groups excluding carboxylic acids is 1. The number of hydrogen-bond acceptors (Lipinski definition) is 6. The molecule has 25 heavy (non-hydrogen) atoms. The molecule has 0 amide bonds. The van der Waals surface area contributed by atoms with Crippen molar-refractivity contribution < 1.29 is 14.6 Å². The Morgan fingerprint density at radius 3 is 2.64 bits per heavy atom. The lowest BCUT2D eigenvalue weighted by Gasteiger charge is -2.05. The monoisotopic (exact) mass is 353 g/mol. The summed E-state index contributed by atoms with van der Waals surface area (Å²) in [6, 6.07) is 15.5. The Morgan fingerprint density at radius 2 is 1.96 bits per heavy atom. The highest BCUT2D eigenvalue weighted by atomic mass is 32.1. The average molecular weight is 353 g/mol. The lowest BCUT2D eigenvalue weighted by Crippen LogP contribution is -2.21. The number of carboxylic acid groups (broad SMARTS) is 1. The highest BCUT2D eigenvalue weighted by Gasteiger charge is 2.06. The molecule has 0 radical (unpaired) electrons. The molecule has 1 N–H and O–H groups in total. The van der Waals surface area contributed by atoms with Gasteiger partial charge in [0.1, 0.15) is 12.4 Å². The first-order valence-electron chi connectivity index (χ1n) is 7.33. The fraction of sp³-hybridized carbons (Fsp3) is 0.0588. The van der Waals surface area contributed by atoms with E-state index in [4.69, 9.17) is 17.0 Å². The lowest BCUT2D eigenvalue weighted by molar-refractivity contribution is -0.255. The summed E-state index contributed by atoms with van der Waals surface area (Å²) in [5.41, 5.74) is 0.817. The number of nitrogens with zero attached hydrogens (tertiary/aromatic N) is 3. The van der Waals surface area contributed by atoms with Crippen molar-refractivity contribution in [3.05, 3.63) is 76.3 Å². The highest BCUT2D eigenvalue weighted by Crippen LogP contribution is 2.11. The summed E-state index contributed by atoms with van der Waals surface area (Å²) in [6.07, 6.45) is 1.55. The molecule has 3 aromatic rings. The molecule has 0 aliphatic rings. The number of H-pyrrole nitrogens is 1. The van der Waals surface area contributed by atoms with Gasteiger partial charge in [-0.2, -0.15) is 14.9 Å². The molecule has 0 fully saturated rings. The van der Waals surface area contributed by atoms with Gasteiger partial charge in [0.2, 0.25) is 4.77 Å². The van der Waals surface area contributed by atoms with Crippen LogP contribution < -0.4 is 9.84 Å². The Morgan fingerprint density at radius 1 is 1.24 bits per heavy atom. The van der Waals surface area contributed by atoms with Gasteiger partial charge < -0.3 is 14.6 Å². The third-order valence-corrected chi connectivity index (χ3v) is 3.56. The van der Waals surface area contributed by atoms with E-state index in [1.165, 1.54) is 16.8 Å². The second-order valence-electron chi connectivity index (χ2n) is 5.01. The third kappa shape index (κ3) is 4.18. The second-order valence-corrected chi connectivity index (χ2v) is 5.40. The van der Waals surface area contributed by atoms with Crippen molar-refractivity contribution in [2.24, 2.45) is 5.10 Å². The summed E-state index contributed by atoms with van der Waals surface area (Å²) in [4.78, 5) is 10.7. The van der Waals surface area contributed by atoms with Crippen LogP contribution in [0.25, 0.3) is 0 Å². The summed E-state index contributed by atoms with van der Waals surface area (Å²) in [7, 11) is 0. The minimum Gasteiger partial charge on any atom is -0.545 e. The smallest absolute Gasteiger partial charge is 0.216 e. The molecule has 3 rings (SSSR count).